The van der Waals surface area contributed by atoms with Crippen LogP contribution in [-0.2, 0) is 6.54 Å². The molecule has 1 saturated carbocycles. The Hall–Kier alpha value is -0.840. The van der Waals surface area contributed by atoms with Crippen LogP contribution in [-0.4, -0.2) is 34.1 Å². The van der Waals surface area contributed by atoms with Crippen LogP contribution >= 0.6 is 23.8 Å². The van der Waals surface area contributed by atoms with Gasteiger partial charge in [0.25, 0.3) is 0 Å². The summed E-state index contributed by atoms with van der Waals surface area (Å²) in [7, 11) is 2.19. The van der Waals surface area contributed by atoms with Gasteiger partial charge in [-0.2, -0.15) is 0 Å². The molecule has 0 atom stereocenters. The van der Waals surface area contributed by atoms with E-state index in [4.69, 9.17) is 23.8 Å². The smallest absolute Gasteiger partial charge is 0.178 e. The summed E-state index contributed by atoms with van der Waals surface area (Å²) >= 11 is 11.4. The highest BCUT2D eigenvalue weighted by Gasteiger charge is 2.25. The Bertz CT molecular complexity index is 627. The van der Waals surface area contributed by atoms with Gasteiger partial charge in [-0.15, -0.1) is 0 Å². The Morgan fingerprint density at radius 1 is 1.50 bits per heavy atom. The third kappa shape index (κ3) is 2.32. The Morgan fingerprint density at radius 2 is 2.28 bits per heavy atom. The molecule has 96 valence electrons. The minimum Gasteiger partial charge on any atom is -0.331 e. The van der Waals surface area contributed by atoms with Gasteiger partial charge < -0.3 is 14.5 Å². The van der Waals surface area contributed by atoms with Crippen molar-refractivity contribution in [2.24, 2.45) is 0 Å². The number of likely N-dealkylation sites (N-methyl/N-ethyl adjacent to an activating group) is 1. The molecule has 0 unspecified atom stereocenters. The molecule has 3 nitrogen and oxygen atoms in total. The van der Waals surface area contributed by atoms with Crippen LogP contribution < -0.4 is 0 Å². The van der Waals surface area contributed by atoms with Gasteiger partial charge in [0.05, 0.1) is 11.0 Å². The van der Waals surface area contributed by atoms with Crippen LogP contribution in [0.1, 0.15) is 12.8 Å². The highest BCUT2D eigenvalue weighted by atomic mass is 35.5. The van der Waals surface area contributed by atoms with Crippen LogP contribution in [0.4, 0.5) is 0 Å². The molecular formula is C13H16ClN3S. The Morgan fingerprint density at radius 3 is 3.00 bits per heavy atom. The Labute approximate surface area is 116 Å². The summed E-state index contributed by atoms with van der Waals surface area (Å²) in [6, 6.07) is 6.65. The maximum absolute atomic E-state index is 5.99. The number of imidazole rings is 1. The molecule has 18 heavy (non-hydrogen) atoms. The summed E-state index contributed by atoms with van der Waals surface area (Å²) in [5, 5.41) is 0.737. The van der Waals surface area contributed by atoms with E-state index in [2.05, 4.69) is 21.5 Å². The summed E-state index contributed by atoms with van der Waals surface area (Å²) in [6.45, 7) is 1.96. The maximum Gasteiger partial charge on any atom is 0.178 e. The minimum absolute atomic E-state index is 0.737. The molecule has 0 aliphatic heterocycles. The van der Waals surface area contributed by atoms with Crippen LogP contribution in [0.15, 0.2) is 18.2 Å². The first-order valence-corrected chi connectivity index (χ1v) is 7.02. The number of nitrogens with zero attached hydrogens (tertiary/aromatic N) is 2. The molecule has 0 spiro atoms. The highest BCUT2D eigenvalue weighted by molar-refractivity contribution is 7.71. The zero-order chi connectivity index (χ0) is 12.7. The van der Waals surface area contributed by atoms with Crippen molar-refractivity contribution in [1.29, 1.82) is 0 Å². The van der Waals surface area contributed by atoms with Crippen molar-refractivity contribution in [2.75, 3.05) is 13.6 Å². The fourth-order valence-electron chi connectivity index (χ4n) is 2.31. The Balaban J connectivity index is 1.86. The average molecular weight is 282 g/mol. The summed E-state index contributed by atoms with van der Waals surface area (Å²) in [5.74, 6) is 0. The van der Waals surface area contributed by atoms with Gasteiger partial charge in [-0.1, -0.05) is 11.6 Å². The monoisotopic (exact) mass is 281 g/mol. The van der Waals surface area contributed by atoms with Crippen LogP contribution in [0, 0.1) is 4.77 Å². The molecule has 0 radical (unpaired) electrons. The van der Waals surface area contributed by atoms with Crippen molar-refractivity contribution in [1.82, 2.24) is 14.5 Å². The fraction of sp³-hybridized carbons (Fsp3) is 0.462. The van der Waals surface area contributed by atoms with Gasteiger partial charge >= 0.3 is 0 Å². The van der Waals surface area contributed by atoms with E-state index in [1.807, 2.05) is 18.2 Å². The number of rotatable bonds is 4. The van der Waals surface area contributed by atoms with Gasteiger partial charge in [-0.3, -0.25) is 0 Å². The predicted octanol–water partition coefficient (Wildman–Crippen LogP) is 3.45. The quantitative estimate of drug-likeness (QED) is 0.868. The number of H-pyrrole nitrogens is 1. The number of benzene rings is 1. The lowest BCUT2D eigenvalue weighted by atomic mass is 10.3. The first kappa shape index (κ1) is 12.2. The van der Waals surface area contributed by atoms with E-state index in [1.165, 1.54) is 12.8 Å². The summed E-state index contributed by atoms with van der Waals surface area (Å²) in [5.41, 5.74) is 2.15. The van der Waals surface area contributed by atoms with Crippen molar-refractivity contribution in [3.8, 4) is 0 Å². The van der Waals surface area contributed by atoms with Gasteiger partial charge in [0.1, 0.15) is 0 Å². The molecule has 1 aliphatic rings. The molecule has 1 aromatic heterocycles. The van der Waals surface area contributed by atoms with Crippen molar-refractivity contribution in [3.63, 3.8) is 0 Å². The molecular weight excluding hydrogens is 266 g/mol. The summed E-state index contributed by atoms with van der Waals surface area (Å²) in [4.78, 5) is 5.62. The Kier molecular flexibility index (Phi) is 3.18. The topological polar surface area (TPSA) is 24.0 Å². The number of hydrogen-bond donors (Lipinski definition) is 1. The van der Waals surface area contributed by atoms with Gasteiger partial charge in [-0.25, -0.2) is 0 Å². The number of aromatic nitrogens is 2. The SMILES string of the molecule is CN(CCn1c(=S)[nH]c2cc(Cl)ccc21)C1CC1. The van der Waals surface area contributed by atoms with Crippen molar-refractivity contribution in [2.45, 2.75) is 25.4 Å². The first-order valence-electron chi connectivity index (χ1n) is 6.23. The maximum atomic E-state index is 5.99. The second kappa shape index (κ2) is 4.68. The van der Waals surface area contributed by atoms with Crippen LogP contribution in [0.2, 0.25) is 5.02 Å². The summed E-state index contributed by atoms with van der Waals surface area (Å²) in [6.07, 6.45) is 2.68. The third-order valence-corrected chi connectivity index (χ3v) is 4.14. The molecule has 2 aromatic rings. The molecule has 1 heterocycles. The molecule has 1 aliphatic carbocycles. The zero-order valence-corrected chi connectivity index (χ0v) is 11.9. The van der Waals surface area contributed by atoms with E-state index in [-0.39, 0.29) is 0 Å². The lowest BCUT2D eigenvalue weighted by Gasteiger charge is -2.16. The highest BCUT2D eigenvalue weighted by Crippen LogP contribution is 2.25. The van der Waals surface area contributed by atoms with Gasteiger partial charge in [-0.05, 0) is 50.3 Å². The molecule has 1 aromatic carbocycles. The predicted molar refractivity (Wildman–Crippen MR) is 77.8 cm³/mol. The molecule has 5 heteroatoms. The second-order valence-corrected chi connectivity index (χ2v) is 5.78. The largest absolute Gasteiger partial charge is 0.331 e. The van der Waals surface area contributed by atoms with E-state index >= 15 is 0 Å². The van der Waals surface area contributed by atoms with Crippen LogP contribution in [0.5, 0.6) is 0 Å². The normalized spacial score (nSPS) is 15.7. The second-order valence-electron chi connectivity index (χ2n) is 4.96. The molecule has 1 fully saturated rings. The number of fused-ring (bicyclic) bond motifs is 1. The fourth-order valence-corrected chi connectivity index (χ4v) is 2.79. The van der Waals surface area contributed by atoms with Crippen molar-refractivity contribution in [3.05, 3.63) is 28.0 Å². The lowest BCUT2D eigenvalue weighted by molar-refractivity contribution is 0.310. The van der Waals surface area contributed by atoms with E-state index in [0.717, 1.165) is 40.0 Å². The molecule has 0 bridgehead atoms. The number of aromatic amines is 1. The van der Waals surface area contributed by atoms with E-state index < -0.39 is 0 Å². The molecule has 0 saturated heterocycles. The zero-order valence-electron chi connectivity index (χ0n) is 10.3. The van der Waals surface area contributed by atoms with Crippen molar-refractivity contribution < 1.29 is 0 Å². The molecule has 1 N–H and O–H groups in total. The van der Waals surface area contributed by atoms with E-state index in [1.54, 1.807) is 0 Å². The molecule has 3 rings (SSSR count). The van der Waals surface area contributed by atoms with E-state index in [0.29, 0.717) is 0 Å². The standard InChI is InChI=1S/C13H16ClN3S/c1-16(10-3-4-10)6-7-17-12-5-2-9(14)8-11(12)15-13(17)18/h2,5,8,10H,3-4,6-7H2,1H3,(H,15,18). The van der Waals surface area contributed by atoms with E-state index in [9.17, 15) is 0 Å². The number of hydrogen-bond acceptors (Lipinski definition) is 2. The third-order valence-electron chi connectivity index (χ3n) is 3.58. The first-order chi connectivity index (χ1) is 8.65. The number of halogens is 1. The van der Waals surface area contributed by atoms with Crippen molar-refractivity contribution >= 4 is 34.9 Å². The van der Waals surface area contributed by atoms with Crippen LogP contribution in [0.25, 0.3) is 11.0 Å². The van der Waals surface area contributed by atoms with Crippen LogP contribution in [0.3, 0.4) is 0 Å². The molecule has 0 amide bonds. The summed E-state index contributed by atoms with van der Waals surface area (Å²) < 4.78 is 2.93. The minimum atomic E-state index is 0.737. The van der Waals surface area contributed by atoms with Gasteiger partial charge in [0.2, 0.25) is 0 Å². The number of nitrogens with one attached hydrogen (secondary N) is 1. The van der Waals surface area contributed by atoms with Gasteiger partial charge in [0.15, 0.2) is 4.77 Å². The lowest BCUT2D eigenvalue weighted by Crippen LogP contribution is -2.25. The average Bonchev–Trinajstić information content (AvgIpc) is 3.11. The van der Waals surface area contributed by atoms with Gasteiger partial charge in [0, 0.05) is 24.2 Å².